The van der Waals surface area contributed by atoms with Crippen LogP contribution in [0.25, 0.3) is 0 Å². The molecule has 2 N–H and O–H groups in total. The topological polar surface area (TPSA) is 24.1 Å². The molecule has 1 saturated heterocycles. The van der Waals surface area contributed by atoms with Crippen molar-refractivity contribution >= 4 is 5.69 Å². The second-order valence-corrected chi connectivity index (χ2v) is 4.96. The Morgan fingerprint density at radius 1 is 1.25 bits per heavy atom. The van der Waals surface area contributed by atoms with Crippen molar-refractivity contribution in [2.45, 2.75) is 38.6 Å². The fourth-order valence-electron chi connectivity index (χ4n) is 2.17. The molecule has 1 heterocycles. The van der Waals surface area contributed by atoms with Gasteiger partial charge in [-0.3, -0.25) is 0 Å². The average Bonchev–Trinajstić information content (AvgIpc) is 2.31. The lowest BCUT2D eigenvalue weighted by Gasteiger charge is -2.25. The predicted molar refractivity (Wildman–Crippen MR) is 70.0 cm³/mol. The maximum atomic E-state index is 3.58. The molecule has 0 unspecified atom stereocenters. The molecule has 1 aromatic carbocycles. The van der Waals surface area contributed by atoms with Gasteiger partial charge in [0.1, 0.15) is 0 Å². The van der Waals surface area contributed by atoms with Crippen LogP contribution in [0.2, 0.25) is 0 Å². The summed E-state index contributed by atoms with van der Waals surface area (Å²) in [4.78, 5) is 0. The van der Waals surface area contributed by atoms with Crippen molar-refractivity contribution < 1.29 is 0 Å². The van der Waals surface area contributed by atoms with E-state index in [1.165, 1.54) is 30.6 Å². The minimum Gasteiger partial charge on any atom is -0.381 e. The lowest BCUT2D eigenvalue weighted by molar-refractivity contribution is 0.480. The molecule has 0 aliphatic carbocycles. The van der Waals surface area contributed by atoms with Gasteiger partial charge in [0.25, 0.3) is 0 Å². The fourth-order valence-corrected chi connectivity index (χ4v) is 2.17. The van der Waals surface area contributed by atoms with Gasteiger partial charge in [-0.15, -0.1) is 0 Å². The first-order chi connectivity index (χ1) is 7.75. The summed E-state index contributed by atoms with van der Waals surface area (Å²) < 4.78 is 0. The number of hydrogen-bond acceptors (Lipinski definition) is 2. The Kier molecular flexibility index (Phi) is 3.83. The highest BCUT2D eigenvalue weighted by Crippen LogP contribution is 2.18. The summed E-state index contributed by atoms with van der Waals surface area (Å²) in [6.07, 6.45) is 2.56. The molecule has 1 atom stereocenters. The summed E-state index contributed by atoms with van der Waals surface area (Å²) in [5, 5.41) is 7.01. The van der Waals surface area contributed by atoms with Crippen LogP contribution in [0, 0.1) is 0 Å². The van der Waals surface area contributed by atoms with Gasteiger partial charge in [-0.1, -0.05) is 26.0 Å². The fraction of sp³-hybridized carbons (Fsp3) is 0.571. The highest BCUT2D eigenvalue weighted by atomic mass is 15.0. The van der Waals surface area contributed by atoms with Gasteiger partial charge in [0.05, 0.1) is 0 Å². The second-order valence-electron chi connectivity index (χ2n) is 4.96. The van der Waals surface area contributed by atoms with Crippen LogP contribution in [0.5, 0.6) is 0 Å². The molecule has 0 radical (unpaired) electrons. The molecule has 0 amide bonds. The first kappa shape index (κ1) is 11.5. The molecule has 16 heavy (non-hydrogen) atoms. The van der Waals surface area contributed by atoms with E-state index in [0.29, 0.717) is 12.0 Å². The van der Waals surface area contributed by atoms with Gasteiger partial charge in [0, 0.05) is 18.3 Å². The van der Waals surface area contributed by atoms with E-state index < -0.39 is 0 Å². The number of nitrogens with one attached hydrogen (secondary N) is 2. The molecular formula is C14H22N2. The Morgan fingerprint density at radius 2 is 2.00 bits per heavy atom. The zero-order valence-corrected chi connectivity index (χ0v) is 10.3. The molecule has 1 aromatic rings. The van der Waals surface area contributed by atoms with Crippen molar-refractivity contribution in [3.63, 3.8) is 0 Å². The SMILES string of the molecule is CC(C)c1ccc(N[C@@H]2CCCNC2)cc1. The van der Waals surface area contributed by atoms with Crippen LogP contribution in [0.15, 0.2) is 24.3 Å². The summed E-state index contributed by atoms with van der Waals surface area (Å²) in [6.45, 7) is 6.72. The van der Waals surface area contributed by atoms with Crippen molar-refractivity contribution in [3.8, 4) is 0 Å². The van der Waals surface area contributed by atoms with E-state index in [-0.39, 0.29) is 0 Å². The molecule has 2 rings (SSSR count). The summed E-state index contributed by atoms with van der Waals surface area (Å²) in [5.41, 5.74) is 2.66. The van der Waals surface area contributed by atoms with E-state index >= 15 is 0 Å². The predicted octanol–water partition coefficient (Wildman–Crippen LogP) is 2.97. The van der Waals surface area contributed by atoms with Gasteiger partial charge >= 0.3 is 0 Å². The zero-order valence-electron chi connectivity index (χ0n) is 10.3. The second kappa shape index (κ2) is 5.35. The highest BCUT2D eigenvalue weighted by molar-refractivity contribution is 5.46. The Hall–Kier alpha value is -1.02. The standard InChI is InChI=1S/C14H22N2/c1-11(2)12-5-7-13(8-6-12)16-14-4-3-9-15-10-14/h5-8,11,14-16H,3-4,9-10H2,1-2H3/t14-/m1/s1. The van der Waals surface area contributed by atoms with Gasteiger partial charge in [0.2, 0.25) is 0 Å². The maximum Gasteiger partial charge on any atom is 0.0386 e. The molecule has 0 saturated carbocycles. The van der Waals surface area contributed by atoms with Crippen LogP contribution in [0.3, 0.4) is 0 Å². The summed E-state index contributed by atoms with van der Waals surface area (Å²) in [7, 11) is 0. The smallest absolute Gasteiger partial charge is 0.0386 e. The molecule has 2 heteroatoms. The van der Waals surface area contributed by atoms with Crippen LogP contribution < -0.4 is 10.6 Å². The Labute approximate surface area is 98.4 Å². The Morgan fingerprint density at radius 3 is 2.56 bits per heavy atom. The Bertz CT molecular complexity index is 310. The van der Waals surface area contributed by atoms with E-state index in [0.717, 1.165) is 6.54 Å². The van der Waals surface area contributed by atoms with Gasteiger partial charge in [-0.25, -0.2) is 0 Å². The maximum absolute atomic E-state index is 3.58. The van der Waals surface area contributed by atoms with Gasteiger partial charge in [-0.05, 0) is 43.0 Å². The lowest BCUT2D eigenvalue weighted by Crippen LogP contribution is -2.38. The lowest BCUT2D eigenvalue weighted by atomic mass is 10.0. The first-order valence-electron chi connectivity index (χ1n) is 6.33. The molecule has 1 fully saturated rings. The van der Waals surface area contributed by atoms with Crippen molar-refractivity contribution in [3.05, 3.63) is 29.8 Å². The molecular weight excluding hydrogens is 196 g/mol. The summed E-state index contributed by atoms with van der Waals surface area (Å²) in [6, 6.07) is 9.44. The highest BCUT2D eigenvalue weighted by Gasteiger charge is 2.12. The van der Waals surface area contributed by atoms with E-state index in [1.807, 2.05) is 0 Å². The number of benzene rings is 1. The van der Waals surface area contributed by atoms with Gasteiger partial charge < -0.3 is 10.6 Å². The van der Waals surface area contributed by atoms with E-state index in [1.54, 1.807) is 0 Å². The Balaban J connectivity index is 1.93. The van der Waals surface area contributed by atoms with Crippen molar-refractivity contribution in [2.24, 2.45) is 0 Å². The molecule has 1 aliphatic heterocycles. The summed E-state index contributed by atoms with van der Waals surface area (Å²) >= 11 is 0. The van der Waals surface area contributed by atoms with E-state index in [2.05, 4.69) is 48.7 Å². The van der Waals surface area contributed by atoms with E-state index in [9.17, 15) is 0 Å². The molecule has 0 bridgehead atoms. The van der Waals surface area contributed by atoms with Crippen LogP contribution in [0.4, 0.5) is 5.69 Å². The average molecular weight is 218 g/mol. The van der Waals surface area contributed by atoms with Gasteiger partial charge in [0.15, 0.2) is 0 Å². The quantitative estimate of drug-likeness (QED) is 0.815. The van der Waals surface area contributed by atoms with Gasteiger partial charge in [-0.2, -0.15) is 0 Å². The molecule has 88 valence electrons. The van der Waals surface area contributed by atoms with Crippen molar-refractivity contribution in [2.75, 3.05) is 18.4 Å². The zero-order chi connectivity index (χ0) is 11.4. The number of rotatable bonds is 3. The third-order valence-electron chi connectivity index (χ3n) is 3.25. The van der Waals surface area contributed by atoms with Crippen LogP contribution in [-0.4, -0.2) is 19.1 Å². The molecule has 2 nitrogen and oxygen atoms in total. The molecule has 0 spiro atoms. The number of anilines is 1. The molecule has 0 aromatic heterocycles. The van der Waals surface area contributed by atoms with Crippen molar-refractivity contribution in [1.29, 1.82) is 0 Å². The number of hydrogen-bond donors (Lipinski definition) is 2. The third-order valence-corrected chi connectivity index (χ3v) is 3.25. The minimum atomic E-state index is 0.596. The molecule has 1 aliphatic rings. The first-order valence-corrected chi connectivity index (χ1v) is 6.33. The minimum absolute atomic E-state index is 0.596. The largest absolute Gasteiger partial charge is 0.381 e. The third kappa shape index (κ3) is 2.99. The van der Waals surface area contributed by atoms with Crippen molar-refractivity contribution in [1.82, 2.24) is 5.32 Å². The monoisotopic (exact) mass is 218 g/mol. The van der Waals surface area contributed by atoms with Crippen LogP contribution >= 0.6 is 0 Å². The summed E-state index contributed by atoms with van der Waals surface area (Å²) in [5.74, 6) is 0.616. The normalized spacial score (nSPS) is 21.1. The van der Waals surface area contributed by atoms with Crippen LogP contribution in [-0.2, 0) is 0 Å². The van der Waals surface area contributed by atoms with E-state index in [4.69, 9.17) is 0 Å². The van der Waals surface area contributed by atoms with Crippen LogP contribution in [0.1, 0.15) is 38.2 Å². The number of piperidine rings is 1.